The lowest BCUT2D eigenvalue weighted by atomic mass is 10.0. The van der Waals surface area contributed by atoms with E-state index in [0.717, 1.165) is 50.2 Å². The van der Waals surface area contributed by atoms with Crippen LogP contribution in [0.3, 0.4) is 0 Å². The van der Waals surface area contributed by atoms with Gasteiger partial charge in [0, 0.05) is 13.1 Å². The molecule has 0 aromatic heterocycles. The molecule has 1 heterocycles. The van der Waals surface area contributed by atoms with E-state index in [0.29, 0.717) is 5.75 Å². The van der Waals surface area contributed by atoms with E-state index < -0.39 is 11.7 Å². The smallest absolute Gasteiger partial charge is 0.416 e. The SMILES string of the molecule is Br.CCCN1CCc2ccccc2C(Oc2ccc(C(F)(F)F)cc2)C1. The van der Waals surface area contributed by atoms with Gasteiger partial charge in [-0.05, 0) is 54.8 Å². The van der Waals surface area contributed by atoms with Gasteiger partial charge in [-0.3, -0.25) is 4.90 Å². The zero-order valence-corrected chi connectivity index (χ0v) is 16.3. The molecule has 6 heteroatoms. The molecule has 1 unspecified atom stereocenters. The number of halogens is 4. The van der Waals surface area contributed by atoms with E-state index in [9.17, 15) is 13.2 Å². The molecule has 0 spiro atoms. The monoisotopic (exact) mass is 429 g/mol. The van der Waals surface area contributed by atoms with E-state index in [1.807, 2.05) is 12.1 Å². The van der Waals surface area contributed by atoms with E-state index in [4.69, 9.17) is 4.74 Å². The van der Waals surface area contributed by atoms with Crippen LogP contribution in [0.4, 0.5) is 13.2 Å². The number of benzene rings is 2. The maximum absolute atomic E-state index is 12.7. The van der Waals surface area contributed by atoms with Gasteiger partial charge < -0.3 is 4.74 Å². The van der Waals surface area contributed by atoms with Crippen LogP contribution in [0, 0.1) is 0 Å². The van der Waals surface area contributed by atoms with Gasteiger partial charge in [-0.25, -0.2) is 0 Å². The summed E-state index contributed by atoms with van der Waals surface area (Å²) in [5, 5.41) is 0. The minimum Gasteiger partial charge on any atom is -0.484 e. The Bertz CT molecular complexity index is 703. The first kappa shape index (κ1) is 20.8. The van der Waals surface area contributed by atoms with Crippen LogP contribution in [-0.4, -0.2) is 24.5 Å². The van der Waals surface area contributed by atoms with E-state index in [2.05, 4.69) is 24.0 Å². The lowest BCUT2D eigenvalue weighted by molar-refractivity contribution is -0.137. The van der Waals surface area contributed by atoms with Gasteiger partial charge in [-0.1, -0.05) is 31.2 Å². The normalized spacial score (nSPS) is 17.8. The van der Waals surface area contributed by atoms with Crippen molar-refractivity contribution in [2.75, 3.05) is 19.6 Å². The minimum atomic E-state index is -4.33. The Morgan fingerprint density at radius 3 is 2.42 bits per heavy atom. The Hall–Kier alpha value is -1.53. The predicted molar refractivity (Wildman–Crippen MR) is 102 cm³/mol. The Morgan fingerprint density at radius 1 is 1.08 bits per heavy atom. The summed E-state index contributed by atoms with van der Waals surface area (Å²) in [6.45, 7) is 4.84. The third-order valence-electron chi connectivity index (χ3n) is 4.52. The molecule has 26 heavy (non-hydrogen) atoms. The molecule has 0 saturated heterocycles. The highest BCUT2D eigenvalue weighted by molar-refractivity contribution is 8.93. The molecular weight excluding hydrogens is 407 g/mol. The van der Waals surface area contributed by atoms with Crippen LogP contribution in [0.15, 0.2) is 48.5 Å². The maximum atomic E-state index is 12.7. The average molecular weight is 430 g/mol. The van der Waals surface area contributed by atoms with Crippen LogP contribution in [0.2, 0.25) is 0 Å². The van der Waals surface area contributed by atoms with Crippen LogP contribution < -0.4 is 4.74 Å². The van der Waals surface area contributed by atoms with E-state index in [-0.39, 0.29) is 23.1 Å². The van der Waals surface area contributed by atoms with Crippen LogP contribution in [0.5, 0.6) is 5.75 Å². The van der Waals surface area contributed by atoms with Gasteiger partial charge >= 0.3 is 6.18 Å². The second-order valence-electron chi connectivity index (χ2n) is 6.38. The quantitative estimate of drug-likeness (QED) is 0.620. The largest absolute Gasteiger partial charge is 0.484 e. The van der Waals surface area contributed by atoms with Crippen molar-refractivity contribution in [2.45, 2.75) is 32.0 Å². The topological polar surface area (TPSA) is 12.5 Å². The predicted octanol–water partition coefficient (Wildman–Crippen LogP) is 5.67. The molecule has 0 radical (unpaired) electrons. The van der Waals surface area contributed by atoms with Gasteiger partial charge in [0.05, 0.1) is 5.56 Å². The third kappa shape index (κ3) is 5.01. The first-order chi connectivity index (χ1) is 12.0. The van der Waals surface area contributed by atoms with Crippen molar-refractivity contribution in [2.24, 2.45) is 0 Å². The minimum absolute atomic E-state index is 0. The highest BCUT2D eigenvalue weighted by Crippen LogP contribution is 2.32. The average Bonchev–Trinajstić information content (AvgIpc) is 2.75. The summed E-state index contributed by atoms with van der Waals surface area (Å²) in [5.41, 5.74) is 1.72. The number of rotatable bonds is 4. The first-order valence-corrected chi connectivity index (χ1v) is 8.61. The van der Waals surface area contributed by atoms with Crippen molar-refractivity contribution < 1.29 is 17.9 Å². The lowest BCUT2D eigenvalue weighted by Gasteiger charge is -2.25. The molecule has 1 atom stereocenters. The fourth-order valence-electron chi connectivity index (χ4n) is 3.29. The van der Waals surface area contributed by atoms with Gasteiger partial charge in [-0.15, -0.1) is 17.0 Å². The molecule has 0 aliphatic carbocycles. The first-order valence-electron chi connectivity index (χ1n) is 8.61. The molecule has 142 valence electrons. The molecule has 0 amide bonds. The molecule has 0 saturated carbocycles. The van der Waals surface area contributed by atoms with E-state index in [1.54, 1.807) is 0 Å². The van der Waals surface area contributed by atoms with Crippen LogP contribution in [0.1, 0.15) is 36.1 Å². The van der Waals surface area contributed by atoms with Crippen molar-refractivity contribution in [1.29, 1.82) is 0 Å². The Kier molecular flexibility index (Phi) is 7.12. The van der Waals surface area contributed by atoms with Gasteiger partial charge in [0.25, 0.3) is 0 Å². The molecule has 3 rings (SSSR count). The number of fused-ring (bicyclic) bond motifs is 1. The molecule has 2 aromatic rings. The number of ether oxygens (including phenoxy) is 1. The van der Waals surface area contributed by atoms with Crippen LogP contribution >= 0.6 is 17.0 Å². The van der Waals surface area contributed by atoms with Gasteiger partial charge in [-0.2, -0.15) is 13.2 Å². The summed E-state index contributed by atoms with van der Waals surface area (Å²) in [6.07, 6.45) is -2.49. The molecule has 2 aromatic carbocycles. The number of nitrogens with zero attached hydrogens (tertiary/aromatic N) is 1. The summed E-state index contributed by atoms with van der Waals surface area (Å²) in [5.74, 6) is 0.464. The highest BCUT2D eigenvalue weighted by atomic mass is 79.9. The molecule has 1 aliphatic heterocycles. The summed E-state index contributed by atoms with van der Waals surface area (Å²) in [6, 6.07) is 13.1. The third-order valence-corrected chi connectivity index (χ3v) is 4.52. The fourth-order valence-corrected chi connectivity index (χ4v) is 3.29. The van der Waals surface area contributed by atoms with Crippen LogP contribution in [0.25, 0.3) is 0 Å². The number of alkyl halides is 3. The Balaban J connectivity index is 0.00000243. The van der Waals surface area contributed by atoms with E-state index >= 15 is 0 Å². The summed E-state index contributed by atoms with van der Waals surface area (Å²) >= 11 is 0. The Labute approximate surface area is 162 Å². The zero-order chi connectivity index (χ0) is 17.9. The van der Waals surface area contributed by atoms with Gasteiger partial charge in [0.15, 0.2) is 0 Å². The van der Waals surface area contributed by atoms with Crippen LogP contribution in [-0.2, 0) is 12.6 Å². The molecular formula is C20H23BrF3NO. The molecule has 0 bridgehead atoms. The van der Waals surface area contributed by atoms with Crippen molar-refractivity contribution in [3.8, 4) is 5.75 Å². The van der Waals surface area contributed by atoms with Gasteiger partial charge in [0.2, 0.25) is 0 Å². The van der Waals surface area contributed by atoms with Crippen molar-refractivity contribution >= 4 is 17.0 Å². The van der Waals surface area contributed by atoms with Gasteiger partial charge in [0.1, 0.15) is 11.9 Å². The Morgan fingerprint density at radius 2 is 1.77 bits per heavy atom. The second kappa shape index (κ2) is 8.91. The van der Waals surface area contributed by atoms with E-state index in [1.165, 1.54) is 17.7 Å². The fraction of sp³-hybridized carbons (Fsp3) is 0.400. The van der Waals surface area contributed by atoms with Crippen molar-refractivity contribution in [3.63, 3.8) is 0 Å². The lowest BCUT2D eigenvalue weighted by Crippen LogP contribution is -2.31. The summed E-state index contributed by atoms with van der Waals surface area (Å²) in [4.78, 5) is 2.36. The number of hydrogen-bond acceptors (Lipinski definition) is 2. The zero-order valence-electron chi connectivity index (χ0n) is 14.6. The number of hydrogen-bond donors (Lipinski definition) is 0. The van der Waals surface area contributed by atoms with Crippen molar-refractivity contribution in [3.05, 3.63) is 65.2 Å². The highest BCUT2D eigenvalue weighted by Gasteiger charge is 2.30. The molecule has 1 aliphatic rings. The maximum Gasteiger partial charge on any atom is 0.416 e. The summed E-state index contributed by atoms with van der Waals surface area (Å²) in [7, 11) is 0. The second-order valence-corrected chi connectivity index (χ2v) is 6.38. The molecule has 0 fully saturated rings. The van der Waals surface area contributed by atoms with Crippen molar-refractivity contribution in [1.82, 2.24) is 4.90 Å². The molecule has 0 N–H and O–H groups in total. The summed E-state index contributed by atoms with van der Waals surface area (Å²) < 4.78 is 44.2. The molecule has 2 nitrogen and oxygen atoms in total. The standard InChI is InChI=1S/C20H22F3NO.BrH/c1-2-12-24-13-11-15-5-3-4-6-18(15)19(14-24)25-17-9-7-16(8-10-17)20(21,22)23;/h3-10,19H,2,11-14H2,1H3;1H.